The number of amides is 2. The van der Waals surface area contributed by atoms with E-state index in [1.807, 2.05) is 38.1 Å². The standard InChI is InChI=1S/C16H22N2O4S/c1-10(2)18(12(4)20)14-7-5-6-8-15(14)23-9-13(16(21)22)17-11(3)19/h5-8,10,13H,9H2,1-4H3,(H,17,19)(H,21,22). The number of carboxylic acids is 1. The minimum absolute atomic E-state index is 0.0140. The molecular formula is C16H22N2O4S. The zero-order valence-electron chi connectivity index (χ0n) is 13.7. The van der Waals surface area contributed by atoms with Crippen molar-refractivity contribution >= 4 is 35.2 Å². The second-order valence-electron chi connectivity index (χ2n) is 5.35. The van der Waals surface area contributed by atoms with E-state index in [2.05, 4.69) is 5.32 Å². The number of nitrogens with one attached hydrogen (secondary N) is 1. The number of para-hydroxylation sites is 1. The molecule has 0 aliphatic carbocycles. The van der Waals surface area contributed by atoms with Crippen LogP contribution >= 0.6 is 11.8 Å². The molecule has 0 aromatic heterocycles. The normalized spacial score (nSPS) is 11.9. The molecule has 0 bridgehead atoms. The molecule has 0 fully saturated rings. The Morgan fingerprint density at radius 2 is 1.83 bits per heavy atom. The number of anilines is 1. The Bertz CT molecular complexity index is 589. The number of thioether (sulfide) groups is 1. The summed E-state index contributed by atoms with van der Waals surface area (Å²) < 4.78 is 0. The lowest BCUT2D eigenvalue weighted by molar-refractivity contribution is -0.140. The topological polar surface area (TPSA) is 86.7 Å². The van der Waals surface area contributed by atoms with Crippen molar-refractivity contribution in [1.29, 1.82) is 0 Å². The van der Waals surface area contributed by atoms with Crippen LogP contribution in [0.25, 0.3) is 0 Å². The van der Waals surface area contributed by atoms with Gasteiger partial charge in [-0.05, 0) is 26.0 Å². The highest BCUT2D eigenvalue weighted by Crippen LogP contribution is 2.31. The van der Waals surface area contributed by atoms with E-state index in [1.165, 1.54) is 25.6 Å². The third-order valence-corrected chi connectivity index (χ3v) is 4.22. The van der Waals surface area contributed by atoms with Crippen LogP contribution in [0, 0.1) is 0 Å². The summed E-state index contributed by atoms with van der Waals surface area (Å²) in [6.45, 7) is 6.62. The third-order valence-electron chi connectivity index (χ3n) is 3.06. The molecule has 2 N–H and O–H groups in total. The third kappa shape index (κ3) is 5.59. The number of rotatable bonds is 7. The van der Waals surface area contributed by atoms with Gasteiger partial charge in [0.1, 0.15) is 6.04 Å². The van der Waals surface area contributed by atoms with Gasteiger partial charge in [-0.1, -0.05) is 12.1 Å². The summed E-state index contributed by atoms with van der Waals surface area (Å²) in [6, 6.07) is 6.34. The first-order chi connectivity index (χ1) is 10.7. The maximum atomic E-state index is 11.9. The van der Waals surface area contributed by atoms with Gasteiger partial charge in [0, 0.05) is 30.5 Å². The van der Waals surface area contributed by atoms with Gasteiger partial charge in [0.05, 0.1) is 5.69 Å². The molecule has 0 spiro atoms. The van der Waals surface area contributed by atoms with E-state index in [9.17, 15) is 14.4 Å². The molecule has 23 heavy (non-hydrogen) atoms. The number of hydrogen-bond donors (Lipinski definition) is 2. The maximum Gasteiger partial charge on any atom is 0.327 e. The smallest absolute Gasteiger partial charge is 0.327 e. The molecule has 0 saturated heterocycles. The number of nitrogens with zero attached hydrogens (tertiary/aromatic N) is 1. The number of carboxylic acid groups (broad SMARTS) is 1. The van der Waals surface area contributed by atoms with E-state index < -0.39 is 12.0 Å². The van der Waals surface area contributed by atoms with Gasteiger partial charge in [0.25, 0.3) is 0 Å². The van der Waals surface area contributed by atoms with Crippen LogP contribution in [0.2, 0.25) is 0 Å². The van der Waals surface area contributed by atoms with Crippen LogP contribution < -0.4 is 10.2 Å². The van der Waals surface area contributed by atoms with E-state index in [4.69, 9.17) is 5.11 Å². The largest absolute Gasteiger partial charge is 0.480 e. The van der Waals surface area contributed by atoms with Gasteiger partial charge in [-0.15, -0.1) is 11.8 Å². The fourth-order valence-corrected chi connectivity index (χ4v) is 3.24. The van der Waals surface area contributed by atoms with Crippen molar-refractivity contribution in [2.45, 2.75) is 44.7 Å². The summed E-state index contributed by atoms with van der Waals surface area (Å²) in [5.74, 6) is -1.38. The molecule has 0 heterocycles. The molecule has 7 heteroatoms. The Hall–Kier alpha value is -2.02. The first-order valence-electron chi connectivity index (χ1n) is 7.25. The lowest BCUT2D eigenvalue weighted by Crippen LogP contribution is -2.41. The second kappa shape index (κ2) is 8.57. The van der Waals surface area contributed by atoms with Gasteiger partial charge in [-0.2, -0.15) is 0 Å². The van der Waals surface area contributed by atoms with Crippen molar-refractivity contribution < 1.29 is 19.5 Å². The Balaban J connectivity index is 2.99. The van der Waals surface area contributed by atoms with Gasteiger partial charge in [-0.25, -0.2) is 4.79 Å². The summed E-state index contributed by atoms with van der Waals surface area (Å²) in [5, 5.41) is 11.6. The summed E-state index contributed by atoms with van der Waals surface area (Å²) in [6.07, 6.45) is 0. The van der Waals surface area contributed by atoms with Crippen molar-refractivity contribution in [3.63, 3.8) is 0 Å². The molecule has 1 unspecified atom stereocenters. The van der Waals surface area contributed by atoms with Crippen LogP contribution in [0.4, 0.5) is 5.69 Å². The monoisotopic (exact) mass is 338 g/mol. The second-order valence-corrected chi connectivity index (χ2v) is 6.41. The number of carbonyl (C=O) groups is 3. The van der Waals surface area contributed by atoms with Gasteiger partial charge >= 0.3 is 5.97 Å². The molecule has 0 aliphatic heterocycles. The van der Waals surface area contributed by atoms with Crippen molar-refractivity contribution in [3.8, 4) is 0 Å². The highest BCUT2D eigenvalue weighted by molar-refractivity contribution is 7.99. The van der Waals surface area contributed by atoms with E-state index >= 15 is 0 Å². The van der Waals surface area contributed by atoms with Gasteiger partial charge in [-0.3, -0.25) is 9.59 Å². The first-order valence-corrected chi connectivity index (χ1v) is 8.24. The van der Waals surface area contributed by atoms with Gasteiger partial charge in [0.15, 0.2) is 0 Å². The van der Waals surface area contributed by atoms with Crippen molar-refractivity contribution in [3.05, 3.63) is 24.3 Å². The lowest BCUT2D eigenvalue weighted by atomic mass is 10.2. The maximum absolute atomic E-state index is 11.9. The fourth-order valence-electron chi connectivity index (χ4n) is 2.18. The number of benzene rings is 1. The van der Waals surface area contributed by atoms with Crippen molar-refractivity contribution in [2.75, 3.05) is 10.7 Å². The summed E-state index contributed by atoms with van der Waals surface area (Å²) in [4.78, 5) is 36.6. The zero-order chi connectivity index (χ0) is 17.6. The number of aliphatic carboxylic acids is 1. The van der Waals surface area contributed by atoms with Crippen molar-refractivity contribution in [1.82, 2.24) is 5.32 Å². The predicted octanol–water partition coefficient (Wildman–Crippen LogP) is 2.13. The Morgan fingerprint density at radius 3 is 2.30 bits per heavy atom. The summed E-state index contributed by atoms with van der Waals surface area (Å²) in [7, 11) is 0. The van der Waals surface area contributed by atoms with Crippen LogP contribution in [-0.2, 0) is 14.4 Å². The Kier molecular flexibility index (Phi) is 7.09. The minimum Gasteiger partial charge on any atom is -0.480 e. The molecule has 1 atom stereocenters. The molecule has 1 aromatic carbocycles. The molecule has 0 saturated carbocycles. The Labute approximate surface area is 140 Å². The molecule has 1 rings (SSSR count). The van der Waals surface area contributed by atoms with Crippen LogP contribution in [0.5, 0.6) is 0 Å². The van der Waals surface area contributed by atoms with Crippen LogP contribution in [-0.4, -0.2) is 40.7 Å². The predicted molar refractivity (Wildman–Crippen MR) is 90.7 cm³/mol. The van der Waals surface area contributed by atoms with Crippen LogP contribution in [0.1, 0.15) is 27.7 Å². The van der Waals surface area contributed by atoms with Crippen molar-refractivity contribution in [2.24, 2.45) is 0 Å². The minimum atomic E-state index is -1.09. The number of carbonyl (C=O) groups excluding carboxylic acids is 2. The van der Waals surface area contributed by atoms with Gasteiger partial charge < -0.3 is 15.3 Å². The van der Waals surface area contributed by atoms with E-state index in [0.717, 1.165) is 10.6 Å². The van der Waals surface area contributed by atoms with Gasteiger partial charge in [0.2, 0.25) is 11.8 Å². The SMILES string of the molecule is CC(=O)NC(CSc1ccccc1N(C(C)=O)C(C)C)C(=O)O. The first kappa shape index (κ1) is 19.0. The average molecular weight is 338 g/mol. The molecule has 2 amide bonds. The quantitative estimate of drug-likeness (QED) is 0.744. The van der Waals surface area contributed by atoms with E-state index in [0.29, 0.717) is 0 Å². The lowest BCUT2D eigenvalue weighted by Gasteiger charge is -2.27. The van der Waals surface area contributed by atoms with E-state index in [-0.39, 0.29) is 23.6 Å². The molecule has 6 nitrogen and oxygen atoms in total. The molecule has 0 aliphatic rings. The summed E-state index contributed by atoms with van der Waals surface area (Å²) in [5.41, 5.74) is 0.743. The molecule has 0 radical (unpaired) electrons. The molecule has 126 valence electrons. The summed E-state index contributed by atoms with van der Waals surface area (Å²) >= 11 is 1.30. The highest BCUT2D eigenvalue weighted by atomic mass is 32.2. The van der Waals surface area contributed by atoms with Crippen LogP contribution in [0.3, 0.4) is 0 Å². The molecule has 1 aromatic rings. The highest BCUT2D eigenvalue weighted by Gasteiger charge is 2.22. The average Bonchev–Trinajstić information content (AvgIpc) is 2.43. The van der Waals surface area contributed by atoms with E-state index in [1.54, 1.807) is 4.90 Å². The number of hydrogen-bond acceptors (Lipinski definition) is 4. The molecular weight excluding hydrogens is 316 g/mol. The Morgan fingerprint density at radius 1 is 1.22 bits per heavy atom. The zero-order valence-corrected chi connectivity index (χ0v) is 14.5. The fraction of sp³-hybridized carbons (Fsp3) is 0.438. The van der Waals surface area contributed by atoms with Crippen LogP contribution in [0.15, 0.2) is 29.2 Å².